The van der Waals surface area contributed by atoms with Gasteiger partial charge in [-0.15, -0.1) is 11.3 Å². The number of thiophene rings is 1. The highest BCUT2D eigenvalue weighted by Gasteiger charge is 2.17. The average Bonchev–Trinajstić information content (AvgIpc) is 3.09. The Hall–Kier alpha value is -3.20. The molecule has 0 aliphatic rings. The maximum Gasteiger partial charge on any atom is 0.338 e. The molecule has 3 aromatic rings. The van der Waals surface area contributed by atoms with Crippen molar-refractivity contribution in [2.75, 3.05) is 7.11 Å². The molecule has 0 saturated heterocycles. The molecule has 0 fully saturated rings. The van der Waals surface area contributed by atoms with E-state index < -0.39 is 23.1 Å². The molecule has 140 valence electrons. The third-order valence-corrected chi connectivity index (χ3v) is 5.52. The van der Waals surface area contributed by atoms with Gasteiger partial charge in [-0.25, -0.2) is 9.59 Å². The van der Waals surface area contributed by atoms with Crippen LogP contribution in [0.15, 0.2) is 33.9 Å². The number of nitrogens with two attached hydrogens (primary N) is 1. The summed E-state index contributed by atoms with van der Waals surface area (Å²) in [7, 11) is 2.84. The van der Waals surface area contributed by atoms with Gasteiger partial charge in [0.2, 0.25) is 0 Å². The Kier molecular flexibility index (Phi) is 4.71. The quantitative estimate of drug-likeness (QED) is 0.671. The topological polar surface area (TPSA) is 113 Å². The van der Waals surface area contributed by atoms with Crippen LogP contribution in [0.25, 0.3) is 10.2 Å². The summed E-state index contributed by atoms with van der Waals surface area (Å²) in [4.78, 5) is 49.1. The van der Waals surface area contributed by atoms with Gasteiger partial charge in [-0.3, -0.25) is 18.7 Å². The monoisotopic (exact) mass is 387 g/mol. The van der Waals surface area contributed by atoms with Crippen LogP contribution < -0.4 is 17.0 Å². The van der Waals surface area contributed by atoms with Gasteiger partial charge in [0.1, 0.15) is 4.83 Å². The zero-order valence-corrected chi connectivity index (χ0v) is 15.8. The van der Waals surface area contributed by atoms with Crippen LogP contribution in [0.4, 0.5) is 0 Å². The van der Waals surface area contributed by atoms with Crippen molar-refractivity contribution < 1.29 is 14.3 Å². The number of primary amides is 1. The number of rotatable bonds is 4. The first-order valence-electron chi connectivity index (χ1n) is 7.95. The first-order valence-corrected chi connectivity index (χ1v) is 8.77. The Morgan fingerprint density at radius 3 is 2.52 bits per heavy atom. The number of aryl methyl sites for hydroxylation is 2. The lowest BCUT2D eigenvalue weighted by molar-refractivity contribution is 0.0599. The van der Waals surface area contributed by atoms with Gasteiger partial charge in [-0.05, 0) is 30.2 Å². The minimum atomic E-state index is -0.649. The molecule has 0 atom stereocenters. The lowest BCUT2D eigenvalue weighted by Gasteiger charge is -2.10. The average molecular weight is 387 g/mol. The predicted molar refractivity (Wildman–Crippen MR) is 101 cm³/mol. The summed E-state index contributed by atoms with van der Waals surface area (Å²) in [5.41, 5.74) is 6.07. The summed E-state index contributed by atoms with van der Waals surface area (Å²) in [5, 5.41) is 0.263. The molecule has 2 heterocycles. The van der Waals surface area contributed by atoms with Crippen LogP contribution in [-0.2, 0) is 18.3 Å². The third-order valence-electron chi connectivity index (χ3n) is 4.29. The van der Waals surface area contributed by atoms with E-state index in [1.807, 2.05) is 0 Å². The Bertz CT molecular complexity index is 1200. The number of benzene rings is 1. The first kappa shape index (κ1) is 18.6. The molecule has 2 aromatic heterocycles. The highest BCUT2D eigenvalue weighted by Crippen LogP contribution is 2.21. The van der Waals surface area contributed by atoms with Crippen molar-refractivity contribution in [3.8, 4) is 0 Å². The maximum absolute atomic E-state index is 12.8. The van der Waals surface area contributed by atoms with Crippen molar-refractivity contribution >= 4 is 33.4 Å². The zero-order valence-electron chi connectivity index (χ0n) is 14.9. The van der Waals surface area contributed by atoms with E-state index in [9.17, 15) is 19.2 Å². The van der Waals surface area contributed by atoms with Crippen LogP contribution in [0.5, 0.6) is 0 Å². The number of ether oxygens (including phenoxy) is 1. The lowest BCUT2D eigenvalue weighted by atomic mass is 10.1. The van der Waals surface area contributed by atoms with Gasteiger partial charge < -0.3 is 10.5 Å². The number of amides is 1. The molecule has 3 rings (SSSR count). The molecule has 1 amide bonds. The van der Waals surface area contributed by atoms with Crippen molar-refractivity contribution in [2.24, 2.45) is 12.8 Å². The van der Waals surface area contributed by atoms with Crippen LogP contribution in [0.1, 0.15) is 31.2 Å². The minimum Gasteiger partial charge on any atom is -0.465 e. The van der Waals surface area contributed by atoms with Crippen LogP contribution in [0.3, 0.4) is 0 Å². The smallest absolute Gasteiger partial charge is 0.338 e. The molecule has 2 N–H and O–H groups in total. The maximum atomic E-state index is 12.8. The van der Waals surface area contributed by atoms with Crippen LogP contribution in [0.2, 0.25) is 0 Å². The van der Waals surface area contributed by atoms with Gasteiger partial charge in [-0.2, -0.15) is 0 Å². The SMILES string of the molecule is COC(=O)c1ccc(Cn2c(=O)c3cc(C(N)=O)sc3n(C)c2=O)cc1C. The van der Waals surface area contributed by atoms with Gasteiger partial charge in [-0.1, -0.05) is 12.1 Å². The van der Waals surface area contributed by atoms with Crippen molar-refractivity contribution in [1.82, 2.24) is 9.13 Å². The summed E-state index contributed by atoms with van der Waals surface area (Å²) in [6, 6.07) is 6.40. The van der Waals surface area contributed by atoms with Crippen LogP contribution >= 0.6 is 11.3 Å². The third kappa shape index (κ3) is 3.17. The Morgan fingerprint density at radius 1 is 1.22 bits per heavy atom. The number of nitrogens with zero attached hydrogens (tertiary/aromatic N) is 2. The molecule has 0 unspecified atom stereocenters. The van der Waals surface area contributed by atoms with E-state index in [0.29, 0.717) is 21.5 Å². The predicted octanol–water partition coefficient (Wildman–Crippen LogP) is 1.00. The van der Waals surface area contributed by atoms with E-state index in [1.54, 1.807) is 25.1 Å². The molecule has 0 aliphatic heterocycles. The molecule has 0 bridgehead atoms. The van der Waals surface area contributed by atoms with Crippen LogP contribution in [0, 0.1) is 6.92 Å². The van der Waals surface area contributed by atoms with Crippen molar-refractivity contribution in [3.63, 3.8) is 0 Å². The van der Waals surface area contributed by atoms with Gasteiger partial charge in [0.15, 0.2) is 0 Å². The molecule has 0 spiro atoms. The van der Waals surface area contributed by atoms with Crippen molar-refractivity contribution in [2.45, 2.75) is 13.5 Å². The van der Waals surface area contributed by atoms with Gasteiger partial charge >= 0.3 is 11.7 Å². The second-order valence-corrected chi connectivity index (χ2v) is 7.10. The molecule has 0 radical (unpaired) electrons. The van der Waals surface area contributed by atoms with Crippen molar-refractivity contribution in [3.05, 3.63) is 66.7 Å². The molecule has 0 aliphatic carbocycles. The molecule has 27 heavy (non-hydrogen) atoms. The number of carbonyl (C=O) groups is 2. The van der Waals surface area contributed by atoms with Crippen molar-refractivity contribution in [1.29, 1.82) is 0 Å². The second-order valence-electron chi connectivity index (χ2n) is 6.07. The first-order chi connectivity index (χ1) is 12.7. The Morgan fingerprint density at radius 2 is 1.93 bits per heavy atom. The van der Waals surface area contributed by atoms with Gasteiger partial charge in [0, 0.05) is 7.05 Å². The number of hydrogen-bond donors (Lipinski definition) is 1. The Balaban J connectivity index is 2.11. The summed E-state index contributed by atoms with van der Waals surface area (Å²) >= 11 is 1.01. The van der Waals surface area contributed by atoms with E-state index in [4.69, 9.17) is 10.5 Å². The summed E-state index contributed by atoms with van der Waals surface area (Å²) in [6.07, 6.45) is 0. The molecule has 8 nitrogen and oxygen atoms in total. The number of fused-ring (bicyclic) bond motifs is 1. The van der Waals surface area contributed by atoms with E-state index in [0.717, 1.165) is 15.9 Å². The molecular formula is C18H17N3O5S. The highest BCUT2D eigenvalue weighted by atomic mass is 32.1. The van der Waals surface area contributed by atoms with E-state index >= 15 is 0 Å². The fraction of sp³-hybridized carbons (Fsp3) is 0.222. The fourth-order valence-electron chi connectivity index (χ4n) is 2.89. The Labute approximate surface area is 157 Å². The molecular weight excluding hydrogens is 370 g/mol. The highest BCUT2D eigenvalue weighted by molar-refractivity contribution is 7.20. The van der Waals surface area contributed by atoms with E-state index in [1.165, 1.54) is 24.8 Å². The second kappa shape index (κ2) is 6.84. The van der Waals surface area contributed by atoms with E-state index in [-0.39, 0.29) is 16.8 Å². The standard InChI is InChI=1S/C18H17N3O5S/c1-9-6-10(4-5-11(9)17(24)26-3)8-21-15(23)12-7-13(14(19)22)27-16(12)20(2)18(21)25/h4-7H,8H2,1-3H3,(H2,19,22). The van der Waals surface area contributed by atoms with Crippen LogP contribution in [-0.4, -0.2) is 28.1 Å². The molecule has 1 aromatic carbocycles. The normalized spacial score (nSPS) is 10.9. The molecule has 9 heteroatoms. The van der Waals surface area contributed by atoms with Gasteiger partial charge in [0.05, 0.1) is 29.5 Å². The number of aromatic nitrogens is 2. The van der Waals surface area contributed by atoms with E-state index in [2.05, 4.69) is 0 Å². The number of methoxy groups -OCH3 is 1. The summed E-state index contributed by atoms with van der Waals surface area (Å²) in [5.74, 6) is -1.10. The number of carbonyl (C=O) groups excluding carboxylic acids is 2. The number of esters is 1. The fourth-order valence-corrected chi connectivity index (χ4v) is 3.85. The molecule has 0 saturated carbocycles. The minimum absolute atomic E-state index is 0.0332. The summed E-state index contributed by atoms with van der Waals surface area (Å²) in [6.45, 7) is 1.78. The zero-order chi connectivity index (χ0) is 19.9. The lowest BCUT2D eigenvalue weighted by Crippen LogP contribution is -2.38. The summed E-state index contributed by atoms with van der Waals surface area (Å²) < 4.78 is 7.13. The number of hydrogen-bond acceptors (Lipinski definition) is 6. The van der Waals surface area contributed by atoms with Gasteiger partial charge in [0.25, 0.3) is 11.5 Å². The largest absolute Gasteiger partial charge is 0.465 e.